The van der Waals surface area contributed by atoms with Crippen LogP contribution in [0.1, 0.15) is 31.1 Å². The van der Waals surface area contributed by atoms with E-state index >= 15 is 0 Å². The van der Waals surface area contributed by atoms with Crippen molar-refractivity contribution >= 4 is 17.3 Å². The molecule has 0 saturated heterocycles. The van der Waals surface area contributed by atoms with Crippen molar-refractivity contribution in [2.45, 2.75) is 39.1 Å². The van der Waals surface area contributed by atoms with Gasteiger partial charge in [0.15, 0.2) is 11.5 Å². The van der Waals surface area contributed by atoms with Crippen molar-refractivity contribution in [3.8, 4) is 28.6 Å². The first kappa shape index (κ1) is 65.9. The number of nitrogens with one attached hydrogen (secondary N) is 1. The molecule has 2 heterocycles. The van der Waals surface area contributed by atoms with Crippen LogP contribution in [0.5, 0.6) is 17.2 Å². The number of pyridine rings is 2. The Labute approximate surface area is 449 Å². The topological polar surface area (TPSA) is 247 Å². The first-order valence-corrected chi connectivity index (χ1v) is 25.8. The number of nitrogen functional groups attached to an aromatic ring is 1. The average molecular weight is 1080 g/mol. The third kappa shape index (κ3) is 31.1. The molecule has 23 heteroatoms. The van der Waals surface area contributed by atoms with Crippen molar-refractivity contribution in [3.63, 3.8) is 0 Å². The van der Waals surface area contributed by atoms with E-state index < -0.39 is 18.1 Å². The molecule has 0 aliphatic rings. The molecule has 432 valence electrons. The summed E-state index contributed by atoms with van der Waals surface area (Å²) in [4.78, 5) is 23.2. The minimum Gasteiger partial charge on any atom is -0.487 e. The molecule has 0 saturated carbocycles. The van der Waals surface area contributed by atoms with Gasteiger partial charge >= 0.3 is 0 Å². The van der Waals surface area contributed by atoms with E-state index in [2.05, 4.69) is 15.3 Å². The smallest absolute Gasteiger partial charge is 0.256 e. The molecule has 23 nitrogen and oxygen atoms in total. The third-order valence-electron chi connectivity index (χ3n) is 10.2. The number of nitrogens with zero attached hydrogens (tertiary/aromatic N) is 2. The Morgan fingerprint density at radius 3 is 1.16 bits per heavy atom. The highest BCUT2D eigenvalue weighted by atomic mass is 16.6. The van der Waals surface area contributed by atoms with E-state index in [1.165, 1.54) is 0 Å². The van der Waals surface area contributed by atoms with Crippen molar-refractivity contribution in [3.05, 3.63) is 54.4 Å². The summed E-state index contributed by atoms with van der Waals surface area (Å²) in [5.41, 5.74) is 8.08. The second kappa shape index (κ2) is 44.6. The number of hydrogen-bond donors (Lipinski definition) is 2. The van der Waals surface area contributed by atoms with Gasteiger partial charge in [0, 0.05) is 39.3 Å². The van der Waals surface area contributed by atoms with Gasteiger partial charge in [-0.1, -0.05) is 0 Å². The Morgan fingerprint density at radius 1 is 0.461 bits per heavy atom. The lowest BCUT2D eigenvalue weighted by Crippen LogP contribution is -2.24. The van der Waals surface area contributed by atoms with Gasteiger partial charge in [0.05, 0.1) is 188 Å². The number of nitrogens with two attached hydrogens (primary N) is 1. The van der Waals surface area contributed by atoms with Crippen LogP contribution in [-0.2, 0) is 71.1 Å². The molecule has 76 heavy (non-hydrogen) atoms. The monoisotopic (exact) mass is 1080 g/mol. The quantitative estimate of drug-likeness (QED) is 0.0743. The SMILES string of the molecule is COCCOCCOCCOCCO[C@@H](C)COc1cc(C(=O)Nc2cccnc2-c2ncccc2N)cc(OC[C@H](C)OCCOCCOCCOCCOC)c1OC[C@H](C)OCCOCCOCCOCCOC. The largest absolute Gasteiger partial charge is 0.487 e. The molecular formula is C53H86N4O19. The first-order valence-electron chi connectivity index (χ1n) is 25.8. The van der Waals surface area contributed by atoms with Crippen LogP contribution < -0.4 is 25.3 Å². The molecule has 3 N–H and O–H groups in total. The fourth-order valence-corrected chi connectivity index (χ4v) is 6.31. The van der Waals surface area contributed by atoms with Crippen molar-refractivity contribution < 1.29 is 90.1 Å². The number of ether oxygens (including phenoxy) is 18. The summed E-state index contributed by atoms with van der Waals surface area (Å²) in [6.07, 6.45) is 2.02. The van der Waals surface area contributed by atoms with Crippen LogP contribution in [0.4, 0.5) is 11.4 Å². The van der Waals surface area contributed by atoms with Crippen molar-refractivity contribution in [2.24, 2.45) is 0 Å². The Morgan fingerprint density at radius 2 is 0.789 bits per heavy atom. The molecule has 0 unspecified atom stereocenters. The number of carbonyl (C=O) groups excluding carboxylic acids is 1. The second-order valence-corrected chi connectivity index (χ2v) is 16.6. The van der Waals surface area contributed by atoms with Gasteiger partial charge in [0.25, 0.3) is 5.91 Å². The van der Waals surface area contributed by atoms with E-state index in [0.717, 1.165) is 0 Å². The maximum Gasteiger partial charge on any atom is 0.256 e. The predicted octanol–water partition coefficient (Wildman–Crippen LogP) is 4.42. The van der Waals surface area contributed by atoms with E-state index in [-0.39, 0.29) is 48.7 Å². The van der Waals surface area contributed by atoms with Crippen molar-refractivity contribution in [2.75, 3.05) is 211 Å². The fraction of sp³-hybridized carbons (Fsp3) is 0.679. The van der Waals surface area contributed by atoms with Gasteiger partial charge in [-0.05, 0) is 57.2 Å². The normalized spacial score (nSPS) is 12.7. The lowest BCUT2D eigenvalue weighted by atomic mass is 10.1. The van der Waals surface area contributed by atoms with Gasteiger partial charge < -0.3 is 96.3 Å². The third-order valence-corrected chi connectivity index (χ3v) is 10.2. The van der Waals surface area contributed by atoms with Crippen LogP contribution >= 0.6 is 0 Å². The Balaban J connectivity index is 1.72. The second-order valence-electron chi connectivity index (χ2n) is 16.6. The number of rotatable bonds is 51. The average Bonchev–Trinajstić information content (AvgIpc) is 3.43. The van der Waals surface area contributed by atoms with Crippen LogP contribution in [0.15, 0.2) is 48.8 Å². The lowest BCUT2D eigenvalue weighted by Gasteiger charge is -2.22. The number of anilines is 2. The van der Waals surface area contributed by atoms with Gasteiger partial charge in [-0.3, -0.25) is 14.8 Å². The van der Waals surface area contributed by atoms with Gasteiger partial charge in [-0.25, -0.2) is 0 Å². The highest BCUT2D eigenvalue weighted by Gasteiger charge is 2.23. The molecule has 0 radical (unpaired) electrons. The number of benzene rings is 1. The molecular weight excluding hydrogens is 997 g/mol. The maximum absolute atomic E-state index is 14.3. The van der Waals surface area contributed by atoms with Crippen LogP contribution in [0.25, 0.3) is 11.4 Å². The zero-order chi connectivity index (χ0) is 54.5. The molecule has 0 aliphatic carbocycles. The van der Waals surface area contributed by atoms with E-state index in [9.17, 15) is 4.79 Å². The van der Waals surface area contributed by atoms with E-state index in [0.29, 0.717) is 181 Å². The zero-order valence-electron chi connectivity index (χ0n) is 45.7. The Hall–Kier alpha value is -4.41. The Kier molecular flexibility index (Phi) is 38.6. The van der Waals surface area contributed by atoms with Crippen LogP contribution in [-0.4, -0.2) is 234 Å². The number of carbonyl (C=O) groups is 1. The minimum atomic E-state index is -0.490. The Bertz CT molecular complexity index is 1830. The summed E-state index contributed by atoms with van der Waals surface area (Å²) in [5, 5.41) is 2.98. The predicted molar refractivity (Wildman–Crippen MR) is 282 cm³/mol. The lowest BCUT2D eigenvalue weighted by molar-refractivity contribution is -0.0292. The van der Waals surface area contributed by atoms with Crippen LogP contribution in [0.3, 0.4) is 0 Å². The molecule has 0 bridgehead atoms. The summed E-state index contributed by atoms with van der Waals surface area (Å²) in [6.45, 7) is 16.3. The van der Waals surface area contributed by atoms with E-state index in [4.69, 9.17) is 91.0 Å². The summed E-state index contributed by atoms with van der Waals surface area (Å²) in [7, 11) is 4.88. The summed E-state index contributed by atoms with van der Waals surface area (Å²) < 4.78 is 102. The maximum atomic E-state index is 14.3. The molecule has 0 aliphatic heterocycles. The molecule has 3 aromatic rings. The fourth-order valence-electron chi connectivity index (χ4n) is 6.31. The number of amides is 1. The molecule has 1 amide bonds. The molecule has 3 atom stereocenters. The van der Waals surface area contributed by atoms with E-state index in [1.807, 2.05) is 20.8 Å². The van der Waals surface area contributed by atoms with Gasteiger partial charge in [0.2, 0.25) is 5.75 Å². The van der Waals surface area contributed by atoms with Gasteiger partial charge in [0.1, 0.15) is 31.2 Å². The highest BCUT2D eigenvalue weighted by Crippen LogP contribution is 2.40. The number of aromatic nitrogens is 2. The number of hydrogen-bond acceptors (Lipinski definition) is 22. The van der Waals surface area contributed by atoms with E-state index in [1.54, 1.807) is 70.1 Å². The van der Waals surface area contributed by atoms with Crippen LogP contribution in [0.2, 0.25) is 0 Å². The minimum absolute atomic E-state index is 0.0828. The molecule has 0 spiro atoms. The molecule has 3 rings (SSSR count). The zero-order valence-corrected chi connectivity index (χ0v) is 45.7. The van der Waals surface area contributed by atoms with Gasteiger partial charge in [-0.15, -0.1) is 0 Å². The summed E-state index contributed by atoms with van der Waals surface area (Å²) in [6, 6.07) is 10.0. The standard InChI is InChI=1S/C53H86N4O19/c1-42(71-34-31-68-28-25-65-22-19-62-16-13-59-4)39-74-48-37-45(53(58)57-47-10-8-12-56-51(47)50-46(54)9-7-11-55-50)38-49(75-40-43(2)72-35-32-69-29-26-66-23-20-63-17-14-60-5)52(48)76-41-44(3)73-36-33-70-30-27-67-24-21-64-18-15-61-6/h7-12,37-38,42-44H,13-36,39-41,54H2,1-6H3,(H,57,58)/t42-,43-,44-/m0/s1. The summed E-state index contributed by atoms with van der Waals surface area (Å²) >= 11 is 0. The van der Waals surface area contributed by atoms with Crippen molar-refractivity contribution in [1.29, 1.82) is 0 Å². The number of methoxy groups -OCH3 is 3. The molecule has 2 aromatic heterocycles. The highest BCUT2D eigenvalue weighted by molar-refractivity contribution is 6.06. The molecule has 0 fully saturated rings. The van der Waals surface area contributed by atoms with Crippen molar-refractivity contribution in [1.82, 2.24) is 9.97 Å². The first-order chi connectivity index (χ1) is 37.3. The summed E-state index contributed by atoms with van der Waals surface area (Å²) in [5.74, 6) is 0.205. The molecule has 1 aromatic carbocycles. The van der Waals surface area contributed by atoms with Gasteiger partial charge in [-0.2, -0.15) is 0 Å². The van der Waals surface area contributed by atoms with Crippen LogP contribution in [0, 0.1) is 0 Å².